The van der Waals surface area contributed by atoms with Gasteiger partial charge in [0.1, 0.15) is 10.9 Å². The lowest BCUT2D eigenvalue weighted by molar-refractivity contribution is 0.962. The first kappa shape index (κ1) is 13.1. The van der Waals surface area contributed by atoms with Gasteiger partial charge in [-0.25, -0.2) is 9.97 Å². The Morgan fingerprint density at radius 1 is 1.10 bits per heavy atom. The van der Waals surface area contributed by atoms with E-state index >= 15 is 0 Å². The number of aryl methyl sites for hydroxylation is 1. The predicted octanol–water partition coefficient (Wildman–Crippen LogP) is 4.43. The molecule has 0 saturated carbocycles. The van der Waals surface area contributed by atoms with Crippen LogP contribution in [-0.2, 0) is 0 Å². The third kappa shape index (κ3) is 3.17. The van der Waals surface area contributed by atoms with E-state index in [2.05, 4.69) is 52.5 Å². The largest absolute Gasteiger partial charge is 0.233 e. The van der Waals surface area contributed by atoms with Crippen molar-refractivity contribution in [1.29, 1.82) is 0 Å². The molecule has 0 spiro atoms. The van der Waals surface area contributed by atoms with Gasteiger partial charge in [-0.2, -0.15) is 0 Å². The molecule has 1 aromatic carbocycles. The van der Waals surface area contributed by atoms with Gasteiger partial charge in [-0.15, -0.1) is 0 Å². The molecule has 0 bridgehead atoms. The summed E-state index contributed by atoms with van der Waals surface area (Å²) in [5, 5.41) is 1.51. The summed E-state index contributed by atoms with van der Waals surface area (Å²) in [6, 6.07) is 12.3. The molecule has 1 unspecified atom stereocenters. The molecule has 100 valence electrons. The van der Waals surface area contributed by atoms with Crippen LogP contribution in [0.3, 0.4) is 0 Å². The molecule has 0 aliphatic heterocycles. The van der Waals surface area contributed by atoms with E-state index in [0.717, 1.165) is 28.5 Å². The predicted molar refractivity (Wildman–Crippen MR) is 84.7 cm³/mol. The smallest absolute Gasteiger partial charge is 0.127 e. The summed E-state index contributed by atoms with van der Waals surface area (Å²) in [5.41, 5.74) is 2.13. The first-order chi connectivity index (χ1) is 9.81. The Hall–Kier alpha value is -1.87. The minimum atomic E-state index is 0.470. The summed E-state index contributed by atoms with van der Waals surface area (Å²) in [6.45, 7) is 1.95. The fraction of sp³-hybridized carbons (Fsp3) is 0.176. The summed E-state index contributed by atoms with van der Waals surface area (Å²) in [7, 11) is 0. The van der Waals surface area contributed by atoms with E-state index in [0.29, 0.717) is 5.25 Å². The molecule has 1 atom stereocenters. The Morgan fingerprint density at radius 3 is 2.70 bits per heavy atom. The fourth-order valence-electron chi connectivity index (χ4n) is 2.16. The minimum Gasteiger partial charge on any atom is -0.233 e. The van der Waals surface area contributed by atoms with Crippen molar-refractivity contribution in [3.8, 4) is 11.3 Å². The zero-order valence-corrected chi connectivity index (χ0v) is 12.2. The fourth-order valence-corrected chi connectivity index (χ4v) is 3.21. The van der Waals surface area contributed by atoms with Crippen LogP contribution in [0.25, 0.3) is 11.3 Å². The van der Waals surface area contributed by atoms with Crippen molar-refractivity contribution in [3.05, 3.63) is 66.5 Å². The summed E-state index contributed by atoms with van der Waals surface area (Å²) >= 11 is 1.80. The second kappa shape index (κ2) is 6.06. The number of benzene rings is 1. The van der Waals surface area contributed by atoms with Crippen LogP contribution in [0.1, 0.15) is 12.2 Å². The van der Waals surface area contributed by atoms with Crippen LogP contribution in [0.15, 0.2) is 65.7 Å². The Kier molecular flexibility index (Phi) is 3.97. The number of nitrogens with zero attached hydrogens (tertiary/aromatic N) is 2. The third-order valence-electron chi connectivity index (χ3n) is 3.10. The molecule has 2 aromatic rings. The van der Waals surface area contributed by atoms with E-state index in [1.165, 1.54) is 0 Å². The Morgan fingerprint density at radius 2 is 1.95 bits per heavy atom. The number of thioether (sulfide) groups is 1. The van der Waals surface area contributed by atoms with Gasteiger partial charge in [0.2, 0.25) is 0 Å². The lowest BCUT2D eigenvalue weighted by Crippen LogP contribution is -2.01. The van der Waals surface area contributed by atoms with Crippen LogP contribution < -0.4 is 0 Å². The molecule has 20 heavy (non-hydrogen) atoms. The van der Waals surface area contributed by atoms with Crippen LogP contribution in [-0.4, -0.2) is 15.2 Å². The summed E-state index contributed by atoms with van der Waals surface area (Å²) in [4.78, 5) is 9.09. The molecular weight excluding hydrogens is 264 g/mol. The molecule has 3 rings (SSSR count). The van der Waals surface area contributed by atoms with Crippen molar-refractivity contribution >= 4 is 11.8 Å². The normalized spacial score (nSPS) is 17.4. The monoisotopic (exact) mass is 280 g/mol. The quantitative estimate of drug-likeness (QED) is 0.778. The van der Waals surface area contributed by atoms with E-state index in [4.69, 9.17) is 0 Å². The van der Waals surface area contributed by atoms with Crippen molar-refractivity contribution < 1.29 is 0 Å². The summed E-state index contributed by atoms with van der Waals surface area (Å²) < 4.78 is 0. The molecule has 3 heteroatoms. The second-order valence-electron chi connectivity index (χ2n) is 4.71. The van der Waals surface area contributed by atoms with E-state index in [9.17, 15) is 0 Å². The topological polar surface area (TPSA) is 25.8 Å². The molecule has 0 saturated heterocycles. The highest BCUT2D eigenvalue weighted by Gasteiger charge is 2.11. The van der Waals surface area contributed by atoms with Gasteiger partial charge in [0.25, 0.3) is 0 Å². The van der Waals surface area contributed by atoms with Gasteiger partial charge in [-0.3, -0.25) is 0 Å². The van der Waals surface area contributed by atoms with Crippen LogP contribution in [0.2, 0.25) is 0 Å². The molecule has 1 aliphatic rings. The Bertz CT molecular complexity index is 647. The van der Waals surface area contributed by atoms with Crippen molar-refractivity contribution in [2.75, 3.05) is 0 Å². The Balaban J connectivity index is 1.87. The standard InChI is InChI=1S/C17H16N2S/c1-13-18-16(14-8-4-2-5-9-14)12-17(19-13)20-15-10-6-3-7-11-15/h2-10,12,15H,11H2,1H3. The SMILES string of the molecule is Cc1nc(SC2C=CC=CC2)cc(-c2ccccc2)n1. The van der Waals surface area contributed by atoms with Gasteiger partial charge in [-0.1, -0.05) is 66.4 Å². The Labute approximate surface area is 123 Å². The molecule has 1 aromatic heterocycles. The van der Waals surface area contributed by atoms with E-state index in [1.807, 2.05) is 25.1 Å². The second-order valence-corrected chi connectivity index (χ2v) is 5.97. The average Bonchev–Trinajstić information content (AvgIpc) is 2.49. The number of aromatic nitrogens is 2. The van der Waals surface area contributed by atoms with Crippen molar-refractivity contribution in [2.45, 2.75) is 23.6 Å². The zero-order valence-electron chi connectivity index (χ0n) is 11.4. The summed E-state index contributed by atoms with van der Waals surface area (Å²) in [6.07, 6.45) is 9.68. The van der Waals surface area contributed by atoms with Gasteiger partial charge in [0.05, 0.1) is 5.69 Å². The molecular formula is C17H16N2S. The lowest BCUT2D eigenvalue weighted by atomic mass is 10.1. The molecule has 1 heterocycles. The van der Waals surface area contributed by atoms with Gasteiger partial charge >= 0.3 is 0 Å². The lowest BCUT2D eigenvalue weighted by Gasteiger charge is -2.13. The van der Waals surface area contributed by atoms with Crippen molar-refractivity contribution in [2.24, 2.45) is 0 Å². The first-order valence-electron chi connectivity index (χ1n) is 6.72. The maximum absolute atomic E-state index is 4.55. The highest BCUT2D eigenvalue weighted by atomic mass is 32.2. The summed E-state index contributed by atoms with van der Waals surface area (Å²) in [5.74, 6) is 0.823. The van der Waals surface area contributed by atoms with Crippen molar-refractivity contribution in [3.63, 3.8) is 0 Å². The third-order valence-corrected chi connectivity index (χ3v) is 4.20. The van der Waals surface area contributed by atoms with Gasteiger partial charge in [0.15, 0.2) is 0 Å². The number of hydrogen-bond acceptors (Lipinski definition) is 3. The van der Waals surface area contributed by atoms with Crippen LogP contribution >= 0.6 is 11.8 Å². The number of hydrogen-bond donors (Lipinski definition) is 0. The van der Waals surface area contributed by atoms with Crippen LogP contribution in [0, 0.1) is 6.92 Å². The molecule has 1 aliphatic carbocycles. The van der Waals surface area contributed by atoms with E-state index < -0.39 is 0 Å². The highest BCUT2D eigenvalue weighted by Crippen LogP contribution is 2.29. The van der Waals surface area contributed by atoms with Gasteiger partial charge in [-0.05, 0) is 19.4 Å². The number of allylic oxidation sites excluding steroid dienone is 3. The zero-order chi connectivity index (χ0) is 13.8. The van der Waals surface area contributed by atoms with E-state index in [-0.39, 0.29) is 0 Å². The molecule has 0 radical (unpaired) electrons. The maximum atomic E-state index is 4.55. The highest BCUT2D eigenvalue weighted by molar-refractivity contribution is 8.00. The average molecular weight is 280 g/mol. The minimum absolute atomic E-state index is 0.470. The first-order valence-corrected chi connectivity index (χ1v) is 7.60. The van der Waals surface area contributed by atoms with Gasteiger partial charge < -0.3 is 0 Å². The van der Waals surface area contributed by atoms with E-state index in [1.54, 1.807) is 11.8 Å². The number of rotatable bonds is 3. The molecule has 0 fully saturated rings. The van der Waals surface area contributed by atoms with Crippen LogP contribution in [0.4, 0.5) is 0 Å². The molecule has 2 nitrogen and oxygen atoms in total. The van der Waals surface area contributed by atoms with Gasteiger partial charge in [0, 0.05) is 10.8 Å². The van der Waals surface area contributed by atoms with Crippen LogP contribution in [0.5, 0.6) is 0 Å². The van der Waals surface area contributed by atoms with Crippen molar-refractivity contribution in [1.82, 2.24) is 9.97 Å². The maximum Gasteiger partial charge on any atom is 0.127 e. The molecule has 0 N–H and O–H groups in total. The molecule has 0 amide bonds.